The molecule has 2 aromatic heterocycles. The molecule has 3 aromatic rings. The molecule has 1 atom stereocenters. The Hall–Kier alpha value is -1.92. The first-order valence-corrected chi connectivity index (χ1v) is 8.26. The van der Waals surface area contributed by atoms with Crippen LogP contribution in [0, 0.1) is 0 Å². The van der Waals surface area contributed by atoms with Crippen LogP contribution in [0.5, 0.6) is 0 Å². The molecule has 1 aliphatic rings. The molecule has 3 heterocycles. The molecule has 1 unspecified atom stereocenters. The van der Waals surface area contributed by atoms with Crippen LogP contribution in [-0.4, -0.2) is 41.8 Å². The van der Waals surface area contributed by atoms with Crippen LogP contribution < -0.4 is 0 Å². The molecule has 0 saturated carbocycles. The standard InChI is InChI=1S/C16H19ClN6/c1-21-15-5-4-12(17)7-14(15)20-16(21)9-22-6-2-3-13(22)8-23-11-18-10-19-23/h4-5,7,10-11,13H,2-3,6,8-9H2,1H3. The van der Waals surface area contributed by atoms with Crippen molar-refractivity contribution in [3.05, 3.63) is 41.7 Å². The number of rotatable bonds is 4. The maximum atomic E-state index is 6.08. The van der Waals surface area contributed by atoms with E-state index in [0.717, 1.165) is 41.5 Å². The summed E-state index contributed by atoms with van der Waals surface area (Å²) in [6.45, 7) is 2.83. The molecule has 0 spiro atoms. The fraction of sp³-hybridized carbons (Fsp3) is 0.438. The molecule has 120 valence electrons. The quantitative estimate of drug-likeness (QED) is 0.737. The molecule has 1 aliphatic heterocycles. The van der Waals surface area contributed by atoms with Gasteiger partial charge >= 0.3 is 0 Å². The van der Waals surface area contributed by atoms with E-state index in [1.807, 2.05) is 22.9 Å². The minimum absolute atomic E-state index is 0.486. The maximum absolute atomic E-state index is 6.08. The van der Waals surface area contributed by atoms with Crippen molar-refractivity contribution in [3.8, 4) is 0 Å². The second-order valence-corrected chi connectivity index (χ2v) is 6.54. The number of halogens is 1. The van der Waals surface area contributed by atoms with Gasteiger partial charge in [0.05, 0.1) is 24.1 Å². The summed E-state index contributed by atoms with van der Waals surface area (Å²) in [6.07, 6.45) is 5.78. The molecule has 0 aliphatic carbocycles. The Labute approximate surface area is 139 Å². The molecule has 4 rings (SSSR count). The van der Waals surface area contributed by atoms with Gasteiger partial charge in [-0.05, 0) is 37.6 Å². The summed E-state index contributed by atoms with van der Waals surface area (Å²) in [5.41, 5.74) is 2.08. The molecule has 1 aromatic carbocycles. The van der Waals surface area contributed by atoms with Gasteiger partial charge in [0.2, 0.25) is 0 Å². The van der Waals surface area contributed by atoms with Crippen LogP contribution in [0.15, 0.2) is 30.9 Å². The summed E-state index contributed by atoms with van der Waals surface area (Å²) in [7, 11) is 2.07. The minimum atomic E-state index is 0.486. The van der Waals surface area contributed by atoms with Crippen LogP contribution in [-0.2, 0) is 20.1 Å². The number of imidazole rings is 1. The van der Waals surface area contributed by atoms with Crippen LogP contribution in [0.1, 0.15) is 18.7 Å². The Morgan fingerprint density at radius 2 is 2.26 bits per heavy atom. The van der Waals surface area contributed by atoms with Gasteiger partial charge in [0, 0.05) is 18.1 Å². The Bertz CT molecular complexity index is 809. The zero-order valence-electron chi connectivity index (χ0n) is 13.1. The van der Waals surface area contributed by atoms with Crippen LogP contribution in [0.25, 0.3) is 11.0 Å². The molecule has 1 saturated heterocycles. The van der Waals surface area contributed by atoms with Crippen molar-refractivity contribution in [3.63, 3.8) is 0 Å². The van der Waals surface area contributed by atoms with E-state index in [9.17, 15) is 0 Å². The predicted molar refractivity (Wildman–Crippen MR) is 89.2 cm³/mol. The van der Waals surface area contributed by atoms with Gasteiger partial charge in [-0.25, -0.2) is 9.97 Å². The second kappa shape index (κ2) is 5.94. The molecular weight excluding hydrogens is 312 g/mol. The molecule has 6 nitrogen and oxygen atoms in total. The number of likely N-dealkylation sites (tertiary alicyclic amines) is 1. The highest BCUT2D eigenvalue weighted by molar-refractivity contribution is 6.31. The van der Waals surface area contributed by atoms with E-state index >= 15 is 0 Å². The number of aromatic nitrogens is 5. The Morgan fingerprint density at radius 3 is 3.09 bits per heavy atom. The normalized spacial score (nSPS) is 19.0. The van der Waals surface area contributed by atoms with Crippen molar-refractivity contribution in [2.24, 2.45) is 7.05 Å². The summed E-state index contributed by atoms with van der Waals surface area (Å²) in [5, 5.41) is 4.96. The van der Waals surface area contributed by atoms with Gasteiger partial charge in [-0.15, -0.1) is 0 Å². The van der Waals surface area contributed by atoms with Gasteiger partial charge in [-0.2, -0.15) is 5.10 Å². The van der Waals surface area contributed by atoms with Crippen molar-refractivity contribution in [2.45, 2.75) is 32.0 Å². The number of nitrogens with zero attached hydrogens (tertiary/aromatic N) is 6. The third-order valence-corrected chi connectivity index (χ3v) is 4.88. The van der Waals surface area contributed by atoms with E-state index in [1.165, 1.54) is 12.8 Å². The van der Waals surface area contributed by atoms with Crippen LogP contribution in [0.4, 0.5) is 0 Å². The zero-order chi connectivity index (χ0) is 15.8. The first-order chi connectivity index (χ1) is 11.2. The first-order valence-electron chi connectivity index (χ1n) is 7.88. The summed E-state index contributed by atoms with van der Waals surface area (Å²) in [5.74, 6) is 1.08. The van der Waals surface area contributed by atoms with Gasteiger partial charge in [0.1, 0.15) is 18.5 Å². The Balaban J connectivity index is 1.56. The number of aryl methyl sites for hydroxylation is 1. The third kappa shape index (κ3) is 2.84. The van der Waals surface area contributed by atoms with Crippen molar-refractivity contribution in [1.82, 2.24) is 29.2 Å². The molecule has 23 heavy (non-hydrogen) atoms. The molecule has 0 amide bonds. The fourth-order valence-corrected chi connectivity index (χ4v) is 3.57. The highest BCUT2D eigenvalue weighted by Crippen LogP contribution is 2.24. The second-order valence-electron chi connectivity index (χ2n) is 6.10. The van der Waals surface area contributed by atoms with Gasteiger partial charge in [0.15, 0.2) is 0 Å². The topological polar surface area (TPSA) is 51.8 Å². The monoisotopic (exact) mass is 330 g/mol. The van der Waals surface area contributed by atoms with Crippen LogP contribution in [0.3, 0.4) is 0 Å². The van der Waals surface area contributed by atoms with E-state index in [4.69, 9.17) is 16.6 Å². The minimum Gasteiger partial charge on any atom is -0.330 e. The van der Waals surface area contributed by atoms with Crippen LogP contribution in [0.2, 0.25) is 5.02 Å². The van der Waals surface area contributed by atoms with E-state index in [0.29, 0.717) is 6.04 Å². The average molecular weight is 331 g/mol. The van der Waals surface area contributed by atoms with Crippen molar-refractivity contribution >= 4 is 22.6 Å². The van der Waals surface area contributed by atoms with Gasteiger partial charge in [0.25, 0.3) is 0 Å². The molecule has 7 heteroatoms. The lowest BCUT2D eigenvalue weighted by atomic mass is 10.2. The molecule has 1 fully saturated rings. The van der Waals surface area contributed by atoms with Gasteiger partial charge < -0.3 is 4.57 Å². The van der Waals surface area contributed by atoms with Gasteiger partial charge in [-0.3, -0.25) is 9.58 Å². The molecular formula is C16H19ClN6. The van der Waals surface area contributed by atoms with Crippen molar-refractivity contribution in [1.29, 1.82) is 0 Å². The molecule has 0 radical (unpaired) electrons. The fourth-order valence-electron chi connectivity index (χ4n) is 3.40. The third-order valence-electron chi connectivity index (χ3n) is 4.64. The number of hydrogen-bond donors (Lipinski definition) is 0. The van der Waals surface area contributed by atoms with Gasteiger partial charge in [-0.1, -0.05) is 11.6 Å². The summed E-state index contributed by atoms with van der Waals surface area (Å²) < 4.78 is 4.08. The van der Waals surface area contributed by atoms with Crippen LogP contribution >= 0.6 is 11.6 Å². The smallest absolute Gasteiger partial charge is 0.137 e. The van der Waals surface area contributed by atoms with E-state index in [2.05, 4.69) is 26.6 Å². The first kappa shape index (κ1) is 14.7. The highest BCUT2D eigenvalue weighted by Gasteiger charge is 2.26. The van der Waals surface area contributed by atoms with E-state index in [1.54, 1.807) is 12.7 Å². The lowest BCUT2D eigenvalue weighted by Gasteiger charge is -2.23. The lowest BCUT2D eigenvalue weighted by molar-refractivity contribution is 0.212. The number of benzene rings is 1. The summed E-state index contributed by atoms with van der Waals surface area (Å²) in [4.78, 5) is 11.3. The van der Waals surface area contributed by atoms with Crippen molar-refractivity contribution in [2.75, 3.05) is 6.54 Å². The number of hydrogen-bond acceptors (Lipinski definition) is 4. The largest absolute Gasteiger partial charge is 0.330 e. The maximum Gasteiger partial charge on any atom is 0.137 e. The molecule has 0 bridgehead atoms. The SMILES string of the molecule is Cn1c(CN2CCCC2Cn2cncn2)nc2cc(Cl)ccc21. The lowest BCUT2D eigenvalue weighted by Crippen LogP contribution is -2.33. The molecule has 0 N–H and O–H groups in total. The van der Waals surface area contributed by atoms with Crippen molar-refractivity contribution < 1.29 is 0 Å². The average Bonchev–Trinajstić information content (AvgIpc) is 3.24. The summed E-state index contributed by atoms with van der Waals surface area (Å²) >= 11 is 6.08. The Kier molecular flexibility index (Phi) is 3.79. The zero-order valence-corrected chi connectivity index (χ0v) is 13.8. The predicted octanol–water partition coefficient (Wildman–Crippen LogP) is 2.48. The Morgan fingerprint density at radius 1 is 1.35 bits per heavy atom. The number of fused-ring (bicyclic) bond motifs is 1. The van der Waals surface area contributed by atoms with E-state index in [-0.39, 0.29) is 0 Å². The van der Waals surface area contributed by atoms with E-state index < -0.39 is 0 Å². The highest BCUT2D eigenvalue weighted by atomic mass is 35.5. The summed E-state index contributed by atoms with van der Waals surface area (Å²) in [6, 6.07) is 6.36.